The standard InChI is InChI=1S/C69H101N19O18S/c1-40(2)27-51(67(104)81-49(63(71)100)17-26-107-6)82-68(105)53(30-46-32-72-39-76-46)80-57(92)34-75-69(106)62(41(3)4)84-64(101)42(5)77-66(103)52(29-44-31-73-48-10-8-7-9-47(44)48)83-65(102)50(15-16-54(70)89)79-55(90)28-43-11-13-45(14-12-43)78-56(91)33-74-58(93)35-85-18-20-86(36-59(94)95)22-24-88(38-61(98)99)25-23-87(21-19-85)37-60(96)97/h7-14,31-32,39-42,49-53,62,73H,15-30,33-38H2,1-6H3,(H2,70,89)(H2,71,100)(H,72,76)(H,74,93)(H,75,106)(H,77,103)(H,78,91)(H,79,90)(H,80,92)(H,81,104)(H,82,105)(H,83,102)(H,84,101)(H,94,95)(H,96,97)(H,98,99)/t42-,49-,50-,51-,52-,53-,62-/m0/s1. The molecular weight excluding hydrogens is 1410 g/mol. The Hall–Kier alpha value is -10.6. The molecule has 3 heterocycles. The number of thioether (sulfide) groups is 1. The van der Waals surface area contributed by atoms with E-state index < -0.39 is 150 Å². The first-order valence-electron chi connectivity index (χ1n) is 34.9. The number of aromatic nitrogens is 3. The van der Waals surface area contributed by atoms with Crippen LogP contribution in [-0.4, -0.2) is 285 Å². The minimum atomic E-state index is -1.45. The molecule has 0 bridgehead atoms. The molecule has 0 unspecified atom stereocenters. The van der Waals surface area contributed by atoms with E-state index in [1.807, 2.05) is 20.1 Å². The normalized spacial score (nSPS) is 15.4. The molecule has 37 nitrogen and oxygen atoms in total. The third kappa shape index (κ3) is 32.0. The predicted molar refractivity (Wildman–Crippen MR) is 392 cm³/mol. The highest BCUT2D eigenvalue weighted by Gasteiger charge is 2.35. The minimum Gasteiger partial charge on any atom is -0.480 e. The number of benzene rings is 2. The Morgan fingerprint density at radius 3 is 1.60 bits per heavy atom. The van der Waals surface area contributed by atoms with Crippen LogP contribution < -0.4 is 64.6 Å². The van der Waals surface area contributed by atoms with Crippen molar-refractivity contribution in [2.24, 2.45) is 23.3 Å². The Morgan fingerprint density at radius 1 is 0.533 bits per heavy atom. The third-order valence-corrected chi connectivity index (χ3v) is 17.8. The molecule has 2 aromatic heterocycles. The number of nitrogens with two attached hydrogens (primary N) is 2. The summed E-state index contributed by atoms with van der Waals surface area (Å²) in [7, 11) is 0. The first-order chi connectivity index (χ1) is 50.7. The molecule has 0 saturated carbocycles. The van der Waals surface area contributed by atoms with Crippen LogP contribution in [0.15, 0.2) is 67.3 Å². The van der Waals surface area contributed by atoms with Crippen LogP contribution in [0, 0.1) is 11.8 Å². The highest BCUT2D eigenvalue weighted by Crippen LogP contribution is 2.20. The van der Waals surface area contributed by atoms with E-state index in [9.17, 15) is 87.2 Å². The quantitative estimate of drug-likeness (QED) is 0.0202. The maximum absolute atomic E-state index is 14.4. The van der Waals surface area contributed by atoms with Crippen molar-refractivity contribution in [1.29, 1.82) is 0 Å². The summed E-state index contributed by atoms with van der Waals surface area (Å²) in [6, 6.07) is 4.10. The molecule has 5 rings (SSSR count). The van der Waals surface area contributed by atoms with Crippen molar-refractivity contribution in [3.8, 4) is 0 Å². The molecular formula is C69H101N19O18S. The molecule has 1 aliphatic heterocycles. The SMILES string of the molecule is CSCC[C@H](NC(=O)[C@H](CC(C)C)NC(=O)[C@H](Cc1cnc[nH]1)NC(=O)CNC(=O)[C@@H](NC(=O)[C@H](C)NC(=O)[C@H](Cc1c[nH]c2ccccc12)NC(=O)[C@H](CCC(N)=O)NC(=O)Cc1ccc(NC(=O)CNC(=O)CN2CCN(CC(=O)O)CCN(CC(=O)O)CCN(CC(=O)O)CC2)cc1)C(C)C)C(N)=O. The van der Waals surface area contributed by atoms with Crippen LogP contribution in [0.5, 0.6) is 0 Å². The second kappa shape index (κ2) is 44.4. The van der Waals surface area contributed by atoms with Gasteiger partial charge in [0.05, 0.1) is 52.0 Å². The lowest BCUT2D eigenvalue weighted by molar-refractivity contribution is -0.140. The Labute approximate surface area is 622 Å². The Morgan fingerprint density at radius 2 is 1.06 bits per heavy atom. The molecule has 0 spiro atoms. The molecule has 12 amide bonds. The van der Waals surface area contributed by atoms with Crippen molar-refractivity contribution in [3.05, 3.63) is 84.1 Å². The number of hydrogen-bond donors (Lipinski definition) is 17. The van der Waals surface area contributed by atoms with Gasteiger partial charge in [-0.2, -0.15) is 11.8 Å². The summed E-state index contributed by atoms with van der Waals surface area (Å²) in [5.41, 5.74) is 13.5. The molecule has 19 N–H and O–H groups in total. The Bertz CT molecular complexity index is 3680. The Kier molecular flexibility index (Phi) is 36.1. The van der Waals surface area contributed by atoms with Crippen molar-refractivity contribution >= 4 is 117 Å². The second-order valence-electron chi connectivity index (χ2n) is 26.7. The number of aromatic amines is 2. The highest BCUT2D eigenvalue weighted by atomic mass is 32.2. The average molecular weight is 1520 g/mol. The van der Waals surface area contributed by atoms with Crippen LogP contribution in [0.4, 0.5) is 5.69 Å². The number of nitrogens with one attached hydrogen (secondary N) is 12. The number of anilines is 1. The second-order valence-corrected chi connectivity index (χ2v) is 27.7. The number of hydrogen-bond acceptors (Lipinski definition) is 21. The molecule has 0 aliphatic carbocycles. The first-order valence-corrected chi connectivity index (χ1v) is 36.3. The number of nitrogens with zero attached hydrogens (tertiary/aromatic N) is 5. The summed E-state index contributed by atoms with van der Waals surface area (Å²) in [6.07, 6.45) is 5.38. The van der Waals surface area contributed by atoms with Crippen LogP contribution in [0.3, 0.4) is 0 Å². The van der Waals surface area contributed by atoms with Gasteiger partial charge >= 0.3 is 17.9 Å². The van der Waals surface area contributed by atoms with E-state index in [2.05, 4.69) is 68.1 Å². The molecule has 7 atom stereocenters. The number of primary amides is 2. The Balaban J connectivity index is 1.20. The van der Waals surface area contributed by atoms with Gasteiger partial charge < -0.3 is 89.9 Å². The molecule has 1 fully saturated rings. The van der Waals surface area contributed by atoms with Crippen molar-refractivity contribution in [2.75, 3.05) is 109 Å². The van der Waals surface area contributed by atoms with Gasteiger partial charge in [0.25, 0.3) is 0 Å². The van der Waals surface area contributed by atoms with Gasteiger partial charge in [-0.15, -0.1) is 0 Å². The van der Waals surface area contributed by atoms with Crippen molar-refractivity contribution in [2.45, 2.75) is 122 Å². The molecule has 38 heteroatoms. The van der Waals surface area contributed by atoms with Crippen LogP contribution >= 0.6 is 11.8 Å². The number of carboxylic acids is 3. The van der Waals surface area contributed by atoms with Crippen molar-refractivity contribution < 1.29 is 87.2 Å². The molecule has 586 valence electrons. The zero-order valence-corrected chi connectivity index (χ0v) is 61.7. The maximum Gasteiger partial charge on any atom is 0.317 e. The number of imidazole rings is 1. The molecule has 1 saturated heterocycles. The van der Waals surface area contributed by atoms with E-state index in [-0.39, 0.29) is 135 Å². The summed E-state index contributed by atoms with van der Waals surface area (Å²) in [5.74, 6) is -12.6. The number of carbonyl (C=O) groups excluding carboxylic acids is 12. The number of fused-ring (bicyclic) bond motifs is 1. The number of para-hydroxylation sites is 1. The zero-order chi connectivity index (χ0) is 78.9. The number of H-pyrrole nitrogens is 2. The van der Waals surface area contributed by atoms with Crippen molar-refractivity contribution in [1.82, 2.24) is 82.4 Å². The van der Waals surface area contributed by atoms with Crippen LogP contribution in [0.1, 0.15) is 77.1 Å². The van der Waals surface area contributed by atoms with E-state index in [0.717, 1.165) is 0 Å². The number of carbonyl (C=O) groups is 15. The maximum atomic E-state index is 14.4. The van der Waals surface area contributed by atoms with Gasteiger partial charge in [0, 0.05) is 106 Å². The summed E-state index contributed by atoms with van der Waals surface area (Å²) < 4.78 is 0. The van der Waals surface area contributed by atoms with Crippen LogP contribution in [0.2, 0.25) is 0 Å². The fourth-order valence-corrected chi connectivity index (χ4v) is 11.9. The summed E-state index contributed by atoms with van der Waals surface area (Å²) in [6.45, 7) is 7.23. The van der Waals surface area contributed by atoms with Gasteiger partial charge in [-0.1, -0.05) is 58.0 Å². The van der Waals surface area contributed by atoms with Gasteiger partial charge in [-0.3, -0.25) is 91.5 Å². The number of rotatable bonds is 42. The van der Waals surface area contributed by atoms with Gasteiger partial charge in [0.15, 0.2) is 0 Å². The molecule has 107 heavy (non-hydrogen) atoms. The first kappa shape index (κ1) is 87.1. The minimum absolute atomic E-state index is 0.108. The summed E-state index contributed by atoms with van der Waals surface area (Å²) >= 11 is 1.45. The largest absolute Gasteiger partial charge is 0.480 e. The summed E-state index contributed by atoms with van der Waals surface area (Å²) in [4.78, 5) is 214. The zero-order valence-electron chi connectivity index (χ0n) is 60.9. The summed E-state index contributed by atoms with van der Waals surface area (Å²) in [5, 5.41) is 55.3. The lowest BCUT2D eigenvalue weighted by Crippen LogP contribution is -2.59. The van der Waals surface area contributed by atoms with Crippen molar-refractivity contribution in [3.63, 3.8) is 0 Å². The van der Waals surface area contributed by atoms with Crippen LogP contribution in [-0.2, 0) is 91.2 Å². The molecule has 2 aromatic carbocycles. The van der Waals surface area contributed by atoms with E-state index in [4.69, 9.17) is 11.5 Å². The smallest absolute Gasteiger partial charge is 0.317 e. The average Bonchev–Trinajstić information content (AvgIpc) is 1.70. The number of carboxylic acid groups (broad SMARTS) is 3. The van der Waals surface area contributed by atoms with Crippen LogP contribution in [0.25, 0.3) is 10.9 Å². The van der Waals surface area contributed by atoms with Gasteiger partial charge in [-0.05, 0) is 79.4 Å². The third-order valence-electron chi connectivity index (χ3n) is 17.1. The van der Waals surface area contributed by atoms with E-state index in [0.29, 0.717) is 33.5 Å². The monoisotopic (exact) mass is 1520 g/mol. The van der Waals surface area contributed by atoms with Gasteiger partial charge in [0.2, 0.25) is 70.9 Å². The van der Waals surface area contributed by atoms with E-state index in [1.54, 1.807) is 63.9 Å². The topological polar surface area (TPSA) is 547 Å². The molecule has 1 aliphatic rings. The van der Waals surface area contributed by atoms with Gasteiger partial charge in [0.1, 0.15) is 42.3 Å². The highest BCUT2D eigenvalue weighted by molar-refractivity contribution is 7.98. The number of aliphatic carboxylic acids is 3. The van der Waals surface area contributed by atoms with E-state index in [1.165, 1.54) is 55.5 Å². The van der Waals surface area contributed by atoms with E-state index >= 15 is 0 Å². The predicted octanol–water partition coefficient (Wildman–Crippen LogP) is -3.82. The fourth-order valence-electron chi connectivity index (χ4n) is 11.4. The molecule has 4 aromatic rings. The van der Waals surface area contributed by atoms with Gasteiger partial charge in [-0.25, -0.2) is 4.98 Å². The lowest BCUT2D eigenvalue weighted by Gasteiger charge is -2.32. The molecule has 0 radical (unpaired) electrons. The number of amides is 12. The fraction of sp³-hybridized carbons (Fsp3) is 0.536. The lowest BCUT2D eigenvalue weighted by atomic mass is 10.0.